The van der Waals surface area contributed by atoms with Gasteiger partial charge in [-0.1, -0.05) is 13.0 Å². The molecular formula is C16H15F3N2OS. The lowest BCUT2D eigenvalue weighted by molar-refractivity contribution is -0.137. The van der Waals surface area contributed by atoms with Crippen molar-refractivity contribution in [2.45, 2.75) is 24.5 Å². The number of rotatable bonds is 5. The van der Waals surface area contributed by atoms with Crippen LogP contribution >= 0.6 is 11.8 Å². The average molecular weight is 340 g/mol. The number of carbonyl (C=O) groups is 1. The molecule has 0 aliphatic heterocycles. The summed E-state index contributed by atoms with van der Waals surface area (Å²) >= 11 is 1.58. The van der Waals surface area contributed by atoms with Crippen molar-refractivity contribution in [2.24, 2.45) is 0 Å². The number of hydrogen-bond acceptors (Lipinski definition) is 3. The number of thioether (sulfide) groups is 1. The Hall–Kier alpha value is -2.02. The van der Waals surface area contributed by atoms with Crippen molar-refractivity contribution >= 4 is 23.4 Å². The van der Waals surface area contributed by atoms with Crippen molar-refractivity contribution in [2.75, 3.05) is 11.1 Å². The summed E-state index contributed by atoms with van der Waals surface area (Å²) in [7, 11) is 0. The van der Waals surface area contributed by atoms with E-state index < -0.39 is 17.6 Å². The SMILES string of the molecule is CCCSc1ccc(C(=O)Nc2cccc(C(F)(F)F)c2)cn1. The minimum atomic E-state index is -4.44. The van der Waals surface area contributed by atoms with Crippen LogP contribution in [0, 0.1) is 0 Å². The normalized spacial score (nSPS) is 11.3. The number of benzene rings is 1. The molecule has 0 aliphatic carbocycles. The van der Waals surface area contributed by atoms with E-state index in [4.69, 9.17) is 0 Å². The summed E-state index contributed by atoms with van der Waals surface area (Å²) in [5.74, 6) is 0.437. The van der Waals surface area contributed by atoms with Gasteiger partial charge in [-0.15, -0.1) is 11.8 Å². The third kappa shape index (κ3) is 4.99. The van der Waals surface area contributed by atoms with E-state index >= 15 is 0 Å². The molecule has 122 valence electrons. The lowest BCUT2D eigenvalue weighted by atomic mass is 10.2. The molecular weight excluding hydrogens is 325 g/mol. The first kappa shape index (κ1) is 17.3. The molecule has 1 aromatic heterocycles. The van der Waals surface area contributed by atoms with E-state index in [0.717, 1.165) is 29.3 Å². The van der Waals surface area contributed by atoms with Gasteiger partial charge in [-0.05, 0) is 42.5 Å². The molecule has 0 atom stereocenters. The third-order valence-corrected chi connectivity index (χ3v) is 4.05. The van der Waals surface area contributed by atoms with E-state index in [1.54, 1.807) is 23.9 Å². The zero-order chi connectivity index (χ0) is 16.9. The molecule has 0 saturated heterocycles. The van der Waals surface area contributed by atoms with Crippen molar-refractivity contribution in [1.29, 1.82) is 0 Å². The number of amides is 1. The Balaban J connectivity index is 2.07. The van der Waals surface area contributed by atoms with Gasteiger partial charge in [0.15, 0.2) is 0 Å². The summed E-state index contributed by atoms with van der Waals surface area (Å²) in [5.41, 5.74) is -0.419. The van der Waals surface area contributed by atoms with Crippen molar-refractivity contribution in [3.8, 4) is 0 Å². The minimum Gasteiger partial charge on any atom is -0.322 e. The summed E-state index contributed by atoms with van der Waals surface area (Å²) < 4.78 is 37.9. The van der Waals surface area contributed by atoms with Gasteiger partial charge in [-0.2, -0.15) is 13.2 Å². The summed E-state index contributed by atoms with van der Waals surface area (Å²) in [6.07, 6.45) is -2.01. The van der Waals surface area contributed by atoms with Gasteiger partial charge in [0.25, 0.3) is 5.91 Å². The molecule has 2 aromatic rings. The molecule has 2 rings (SSSR count). The molecule has 1 amide bonds. The van der Waals surface area contributed by atoms with Gasteiger partial charge in [-0.3, -0.25) is 4.79 Å². The molecule has 3 nitrogen and oxygen atoms in total. The fourth-order valence-corrected chi connectivity index (χ4v) is 2.49. The quantitative estimate of drug-likeness (QED) is 0.791. The predicted octanol–water partition coefficient (Wildman–Crippen LogP) is 4.85. The van der Waals surface area contributed by atoms with E-state index in [2.05, 4.69) is 17.2 Å². The number of aromatic nitrogens is 1. The van der Waals surface area contributed by atoms with Crippen molar-refractivity contribution < 1.29 is 18.0 Å². The summed E-state index contributed by atoms with van der Waals surface area (Å²) in [6, 6.07) is 7.84. The lowest BCUT2D eigenvalue weighted by Crippen LogP contribution is -2.13. The summed E-state index contributed by atoms with van der Waals surface area (Å²) in [4.78, 5) is 16.2. The maximum atomic E-state index is 12.6. The van der Waals surface area contributed by atoms with Gasteiger partial charge >= 0.3 is 6.18 Å². The number of carbonyl (C=O) groups excluding carboxylic acids is 1. The molecule has 0 unspecified atom stereocenters. The first-order valence-corrected chi connectivity index (χ1v) is 7.96. The first-order chi connectivity index (χ1) is 10.9. The van der Waals surface area contributed by atoms with Crippen LogP contribution in [0.15, 0.2) is 47.6 Å². The lowest BCUT2D eigenvalue weighted by Gasteiger charge is -2.10. The molecule has 1 aromatic carbocycles. The fourth-order valence-electron chi connectivity index (χ4n) is 1.78. The molecule has 0 bridgehead atoms. The van der Waals surface area contributed by atoms with Crippen LogP contribution in [0.5, 0.6) is 0 Å². The summed E-state index contributed by atoms with van der Waals surface area (Å²) in [5, 5.41) is 3.26. The van der Waals surface area contributed by atoms with Gasteiger partial charge in [-0.25, -0.2) is 4.98 Å². The smallest absolute Gasteiger partial charge is 0.322 e. The van der Waals surface area contributed by atoms with Gasteiger partial charge in [0.05, 0.1) is 16.2 Å². The number of alkyl halides is 3. The standard InChI is InChI=1S/C16H15F3N2OS/c1-2-8-23-14-7-6-11(10-20-14)15(22)21-13-5-3-4-12(9-13)16(17,18)19/h3-7,9-10H,2,8H2,1H3,(H,21,22). The van der Waals surface area contributed by atoms with Gasteiger partial charge in [0, 0.05) is 11.9 Å². The Morgan fingerprint density at radius 3 is 2.65 bits per heavy atom. The van der Waals surface area contributed by atoms with Crippen LogP contribution in [0.1, 0.15) is 29.3 Å². The topological polar surface area (TPSA) is 42.0 Å². The maximum Gasteiger partial charge on any atom is 0.416 e. The average Bonchev–Trinajstić information content (AvgIpc) is 2.53. The molecule has 7 heteroatoms. The van der Waals surface area contributed by atoms with Crippen molar-refractivity contribution in [3.05, 3.63) is 53.7 Å². The second-order valence-electron chi connectivity index (χ2n) is 4.77. The van der Waals surface area contributed by atoms with Crippen molar-refractivity contribution in [1.82, 2.24) is 4.98 Å². The van der Waals surface area contributed by atoms with Gasteiger partial charge < -0.3 is 5.32 Å². The second kappa shape index (κ2) is 7.50. The molecule has 0 fully saturated rings. The van der Waals surface area contributed by atoms with Crippen molar-refractivity contribution in [3.63, 3.8) is 0 Å². The largest absolute Gasteiger partial charge is 0.416 e. The highest BCUT2D eigenvalue weighted by Crippen LogP contribution is 2.30. The monoisotopic (exact) mass is 340 g/mol. The highest BCUT2D eigenvalue weighted by Gasteiger charge is 2.30. The molecule has 0 spiro atoms. The second-order valence-corrected chi connectivity index (χ2v) is 5.88. The molecule has 23 heavy (non-hydrogen) atoms. The van der Waals surface area contributed by atoms with E-state index in [1.165, 1.54) is 18.3 Å². The number of nitrogens with one attached hydrogen (secondary N) is 1. The molecule has 0 radical (unpaired) electrons. The van der Waals surface area contributed by atoms with Gasteiger partial charge in [0.2, 0.25) is 0 Å². The molecule has 0 aliphatic rings. The highest BCUT2D eigenvalue weighted by molar-refractivity contribution is 7.99. The van der Waals surface area contributed by atoms with E-state index in [0.29, 0.717) is 5.56 Å². The van der Waals surface area contributed by atoms with E-state index in [1.807, 2.05) is 0 Å². The third-order valence-electron chi connectivity index (χ3n) is 2.90. The Morgan fingerprint density at radius 1 is 1.26 bits per heavy atom. The Morgan fingerprint density at radius 2 is 2.04 bits per heavy atom. The number of halogens is 3. The van der Waals surface area contributed by atoms with Crippen LogP contribution < -0.4 is 5.32 Å². The van der Waals surface area contributed by atoms with Crippen LogP contribution in [-0.2, 0) is 6.18 Å². The fraction of sp³-hybridized carbons (Fsp3) is 0.250. The Bertz CT molecular complexity index is 672. The highest BCUT2D eigenvalue weighted by atomic mass is 32.2. The van der Waals surface area contributed by atoms with Crippen LogP contribution in [0.25, 0.3) is 0 Å². The van der Waals surface area contributed by atoms with Crippen LogP contribution in [-0.4, -0.2) is 16.6 Å². The zero-order valence-electron chi connectivity index (χ0n) is 12.4. The zero-order valence-corrected chi connectivity index (χ0v) is 13.2. The number of hydrogen-bond donors (Lipinski definition) is 1. The Kier molecular flexibility index (Phi) is 5.65. The summed E-state index contributed by atoms with van der Waals surface area (Å²) in [6.45, 7) is 2.06. The minimum absolute atomic E-state index is 0.0919. The number of anilines is 1. The van der Waals surface area contributed by atoms with Crippen LogP contribution in [0.3, 0.4) is 0 Å². The van der Waals surface area contributed by atoms with E-state index in [9.17, 15) is 18.0 Å². The predicted molar refractivity (Wildman–Crippen MR) is 84.6 cm³/mol. The first-order valence-electron chi connectivity index (χ1n) is 6.97. The maximum absolute atomic E-state index is 12.6. The molecule has 1 heterocycles. The van der Waals surface area contributed by atoms with Gasteiger partial charge in [0.1, 0.15) is 0 Å². The van der Waals surface area contributed by atoms with Crippen LogP contribution in [0.2, 0.25) is 0 Å². The molecule has 1 N–H and O–H groups in total. The number of nitrogens with zero attached hydrogens (tertiary/aromatic N) is 1. The van der Waals surface area contributed by atoms with Crippen LogP contribution in [0.4, 0.5) is 18.9 Å². The number of pyridine rings is 1. The van der Waals surface area contributed by atoms with E-state index in [-0.39, 0.29) is 5.69 Å². The molecule has 0 saturated carbocycles. The Labute approximate surface area is 136 Å².